The summed E-state index contributed by atoms with van der Waals surface area (Å²) in [5.74, 6) is 1.03. The summed E-state index contributed by atoms with van der Waals surface area (Å²) in [5.41, 5.74) is -0.545. The summed E-state index contributed by atoms with van der Waals surface area (Å²) >= 11 is 0. The molecule has 4 aliphatic heterocycles. The maximum Gasteiger partial charge on any atom is 0.307 e. The molecule has 7 aliphatic rings. The second-order valence-electron chi connectivity index (χ2n) is 11.1. The van der Waals surface area contributed by atoms with E-state index in [2.05, 4.69) is 13.8 Å². The van der Waals surface area contributed by atoms with Crippen LogP contribution in [0.2, 0.25) is 0 Å². The molecule has 1 spiro atoms. The van der Waals surface area contributed by atoms with Gasteiger partial charge in [-0.15, -0.1) is 0 Å². The molecule has 3 aliphatic carbocycles. The van der Waals surface area contributed by atoms with Crippen LogP contribution >= 0.6 is 0 Å². The number of hydrogen-bond donors (Lipinski definition) is 1. The maximum atomic E-state index is 11.2. The average Bonchev–Trinajstić information content (AvgIpc) is 3.31. The van der Waals surface area contributed by atoms with Crippen LogP contribution in [-0.2, 0) is 28.8 Å². The van der Waals surface area contributed by atoms with Crippen molar-refractivity contribution in [3.8, 4) is 0 Å². The summed E-state index contributed by atoms with van der Waals surface area (Å²) in [6.07, 6.45) is 5.23. The maximum absolute atomic E-state index is 11.2. The first-order valence-corrected chi connectivity index (χ1v) is 11.9. The van der Waals surface area contributed by atoms with Crippen LogP contribution in [0.15, 0.2) is 0 Å². The predicted molar refractivity (Wildman–Crippen MR) is 104 cm³/mol. The lowest BCUT2D eigenvalue weighted by atomic mass is 9.58. The number of carboxylic acid groups (broad SMARTS) is 1. The monoisotopic (exact) mass is 422 g/mol. The number of fused-ring (bicyclic) bond motifs is 3. The smallest absolute Gasteiger partial charge is 0.307 e. The Balaban J connectivity index is 1.17. The molecule has 7 heteroatoms. The highest BCUT2D eigenvalue weighted by Gasteiger charge is 2.69. The molecule has 0 radical (unpaired) electrons. The molecule has 10 atom stereocenters. The van der Waals surface area contributed by atoms with Gasteiger partial charge in [0.15, 0.2) is 18.2 Å². The van der Waals surface area contributed by atoms with Gasteiger partial charge in [-0.25, -0.2) is 9.78 Å². The Kier molecular flexibility index (Phi) is 4.41. The fourth-order valence-corrected chi connectivity index (χ4v) is 7.75. The fraction of sp³-hybridized carbons (Fsp3) is 0.957. The van der Waals surface area contributed by atoms with E-state index in [1.807, 2.05) is 6.92 Å². The van der Waals surface area contributed by atoms with Crippen LogP contribution in [0.1, 0.15) is 59.3 Å². The third-order valence-electron chi connectivity index (χ3n) is 9.42. The van der Waals surface area contributed by atoms with Gasteiger partial charge >= 0.3 is 5.97 Å². The first-order valence-electron chi connectivity index (χ1n) is 11.9. The third-order valence-corrected chi connectivity index (χ3v) is 9.42. The highest BCUT2D eigenvalue weighted by Crippen LogP contribution is 2.62. The molecule has 2 bridgehead atoms. The lowest BCUT2D eigenvalue weighted by Crippen LogP contribution is -2.70. The van der Waals surface area contributed by atoms with Crippen molar-refractivity contribution in [1.29, 1.82) is 0 Å². The van der Waals surface area contributed by atoms with Crippen LogP contribution in [0.5, 0.6) is 0 Å². The van der Waals surface area contributed by atoms with Crippen LogP contribution in [-0.4, -0.2) is 41.7 Å². The number of rotatable bonds is 4. The van der Waals surface area contributed by atoms with Crippen molar-refractivity contribution >= 4 is 5.97 Å². The van der Waals surface area contributed by atoms with Crippen molar-refractivity contribution in [2.75, 3.05) is 6.61 Å². The molecule has 4 saturated heterocycles. The van der Waals surface area contributed by atoms with Gasteiger partial charge in [0.2, 0.25) is 5.79 Å². The van der Waals surface area contributed by atoms with E-state index in [1.165, 1.54) is 6.42 Å². The Bertz CT molecular complexity index is 716. The van der Waals surface area contributed by atoms with E-state index < -0.39 is 23.6 Å². The zero-order valence-electron chi connectivity index (χ0n) is 18.1. The summed E-state index contributed by atoms with van der Waals surface area (Å²) in [4.78, 5) is 23.3. The molecule has 4 heterocycles. The lowest BCUT2D eigenvalue weighted by Gasteiger charge is -2.60. The van der Waals surface area contributed by atoms with Gasteiger partial charge in [0.25, 0.3) is 0 Å². The standard InChI is InChI=1S/C23H34O7/c1-11-4-5-17-12(2)20(26-10-13-8-14-15(9-13)18(14)19(24)25)27-21-23(17)16(11)6-7-22(3,28-21)29-30-23/h11-18,20-21H,4-10H2,1-3H3,(H,24,25)/t11-,12-,13?,14?,15?,16+,17+,18?,20+,21-,22-,23-/m1/s1. The number of carboxylic acids is 1. The van der Waals surface area contributed by atoms with Crippen LogP contribution in [0.4, 0.5) is 0 Å². The average molecular weight is 423 g/mol. The van der Waals surface area contributed by atoms with Crippen molar-refractivity contribution in [3.63, 3.8) is 0 Å². The minimum absolute atomic E-state index is 0.111. The van der Waals surface area contributed by atoms with Gasteiger partial charge in [0, 0.05) is 18.3 Å². The van der Waals surface area contributed by atoms with Gasteiger partial charge in [-0.1, -0.05) is 13.8 Å². The molecular formula is C23H34O7. The Labute approximate surface area is 177 Å². The lowest BCUT2D eigenvalue weighted by molar-refractivity contribution is -0.577. The minimum atomic E-state index is -0.763. The van der Waals surface area contributed by atoms with E-state index in [-0.39, 0.29) is 24.0 Å². The van der Waals surface area contributed by atoms with Gasteiger partial charge in [-0.3, -0.25) is 4.79 Å². The normalized spacial score (nSPS) is 58.6. The van der Waals surface area contributed by atoms with Crippen LogP contribution in [0.25, 0.3) is 0 Å². The van der Waals surface area contributed by atoms with E-state index >= 15 is 0 Å². The third kappa shape index (κ3) is 2.71. The Morgan fingerprint density at radius 3 is 2.60 bits per heavy atom. The molecule has 0 aromatic carbocycles. The van der Waals surface area contributed by atoms with Gasteiger partial charge in [0.1, 0.15) is 0 Å². The second-order valence-corrected chi connectivity index (χ2v) is 11.1. The zero-order chi connectivity index (χ0) is 20.8. The molecule has 0 aromatic heterocycles. The van der Waals surface area contributed by atoms with E-state index in [4.69, 9.17) is 24.0 Å². The molecule has 3 saturated carbocycles. The summed E-state index contributed by atoms with van der Waals surface area (Å²) in [6, 6.07) is 0. The second kappa shape index (κ2) is 6.64. The van der Waals surface area contributed by atoms with Gasteiger partial charge < -0.3 is 19.3 Å². The van der Waals surface area contributed by atoms with Crippen LogP contribution in [0.3, 0.4) is 0 Å². The quantitative estimate of drug-likeness (QED) is 0.694. The molecular weight excluding hydrogens is 388 g/mol. The SMILES string of the molecule is C[C@H]1[C@@H](OCC2CC3C(C2)C3C(=O)O)O[C@@H]2O[C@@]3(C)CC[C@H]4[C@H](C)CC[C@@H]1[C@@]24OO3. The molecule has 30 heavy (non-hydrogen) atoms. The first-order chi connectivity index (χ1) is 14.3. The van der Waals surface area contributed by atoms with Crippen molar-refractivity contribution in [1.82, 2.24) is 0 Å². The molecule has 2 unspecified atom stereocenters. The van der Waals surface area contributed by atoms with E-state index in [1.54, 1.807) is 0 Å². The van der Waals surface area contributed by atoms with Crippen molar-refractivity contribution in [2.24, 2.45) is 47.3 Å². The van der Waals surface area contributed by atoms with Gasteiger partial charge in [-0.2, -0.15) is 0 Å². The molecule has 7 rings (SSSR count). The van der Waals surface area contributed by atoms with Gasteiger partial charge in [0.05, 0.1) is 12.5 Å². The highest BCUT2D eigenvalue weighted by atomic mass is 17.3. The van der Waals surface area contributed by atoms with Crippen LogP contribution in [0, 0.1) is 47.3 Å². The Hall–Kier alpha value is -0.730. The molecule has 0 aromatic rings. The first kappa shape index (κ1) is 19.9. The molecule has 7 nitrogen and oxygen atoms in total. The topological polar surface area (TPSA) is 83.5 Å². The highest BCUT2D eigenvalue weighted by molar-refractivity contribution is 5.74. The van der Waals surface area contributed by atoms with Gasteiger partial charge in [-0.05, 0) is 68.6 Å². The minimum Gasteiger partial charge on any atom is -0.481 e. The molecule has 168 valence electrons. The van der Waals surface area contributed by atoms with E-state index in [9.17, 15) is 9.90 Å². The zero-order valence-corrected chi connectivity index (χ0v) is 18.1. The van der Waals surface area contributed by atoms with Crippen molar-refractivity contribution in [3.05, 3.63) is 0 Å². The number of hydrogen-bond acceptors (Lipinski definition) is 6. The molecule has 7 fully saturated rings. The van der Waals surface area contributed by atoms with E-state index in [0.29, 0.717) is 36.2 Å². The molecule has 1 N–H and O–H groups in total. The summed E-state index contributed by atoms with van der Waals surface area (Å²) in [6.45, 7) is 7.11. The number of ether oxygens (including phenoxy) is 3. The number of carbonyl (C=O) groups is 1. The summed E-state index contributed by atoms with van der Waals surface area (Å²) in [5, 5.41) is 9.23. The Morgan fingerprint density at radius 1 is 1.10 bits per heavy atom. The van der Waals surface area contributed by atoms with Crippen LogP contribution < -0.4 is 0 Å². The fourth-order valence-electron chi connectivity index (χ4n) is 7.75. The summed E-state index contributed by atoms with van der Waals surface area (Å²) < 4.78 is 19.2. The Morgan fingerprint density at radius 2 is 1.87 bits per heavy atom. The molecule has 0 amide bonds. The number of aliphatic carboxylic acids is 1. The van der Waals surface area contributed by atoms with Crippen molar-refractivity contribution < 1.29 is 33.9 Å². The summed E-state index contributed by atoms with van der Waals surface area (Å²) in [7, 11) is 0. The van der Waals surface area contributed by atoms with E-state index in [0.717, 1.165) is 32.1 Å². The predicted octanol–water partition coefficient (Wildman–Crippen LogP) is 3.57. The largest absolute Gasteiger partial charge is 0.481 e. The van der Waals surface area contributed by atoms with Crippen molar-refractivity contribution in [2.45, 2.75) is 83.3 Å².